The number of rotatable bonds is 3. The first-order valence-electron chi connectivity index (χ1n) is 8.02. The molecule has 2 fully saturated rings. The van der Waals surface area contributed by atoms with Gasteiger partial charge in [0.2, 0.25) is 0 Å². The molecule has 1 N–H and O–H groups in total. The van der Waals surface area contributed by atoms with Gasteiger partial charge >= 0.3 is 0 Å². The van der Waals surface area contributed by atoms with E-state index in [1.807, 2.05) is 4.90 Å². The van der Waals surface area contributed by atoms with E-state index in [0.29, 0.717) is 38.5 Å². The Labute approximate surface area is 139 Å². The first kappa shape index (κ1) is 16.2. The summed E-state index contributed by atoms with van der Waals surface area (Å²) < 4.78 is 5.48. The van der Waals surface area contributed by atoms with Gasteiger partial charge in [-0.25, -0.2) is 4.98 Å². The Kier molecular flexibility index (Phi) is 5.12. The van der Waals surface area contributed by atoms with E-state index in [9.17, 15) is 9.59 Å². The Balaban J connectivity index is 1.59. The maximum atomic E-state index is 12.5. The summed E-state index contributed by atoms with van der Waals surface area (Å²) in [7, 11) is 1.79. The highest BCUT2D eigenvalue weighted by molar-refractivity contribution is 7.13. The lowest BCUT2D eigenvalue weighted by Gasteiger charge is -2.24. The topological polar surface area (TPSA) is 74.8 Å². The van der Waals surface area contributed by atoms with E-state index in [4.69, 9.17) is 4.74 Å². The van der Waals surface area contributed by atoms with Crippen molar-refractivity contribution in [1.29, 1.82) is 0 Å². The average Bonchev–Trinajstić information content (AvgIpc) is 3.21. The van der Waals surface area contributed by atoms with Gasteiger partial charge in [-0.2, -0.15) is 0 Å². The Bertz CT molecular complexity index is 571. The molecule has 0 aliphatic carbocycles. The summed E-state index contributed by atoms with van der Waals surface area (Å²) in [6.07, 6.45) is 2.26. The Morgan fingerprint density at radius 3 is 2.74 bits per heavy atom. The van der Waals surface area contributed by atoms with Crippen molar-refractivity contribution in [2.24, 2.45) is 0 Å². The Morgan fingerprint density at radius 1 is 1.26 bits per heavy atom. The van der Waals surface area contributed by atoms with Gasteiger partial charge in [-0.05, 0) is 19.3 Å². The number of carbonyl (C=O) groups excluding carboxylic acids is 2. The SMILES string of the molecule is CNc1nc(C(=O)N2CCCN(C(=O)C3CCCO3)CC2)cs1. The van der Waals surface area contributed by atoms with E-state index in [0.717, 1.165) is 24.4 Å². The summed E-state index contributed by atoms with van der Waals surface area (Å²) in [5.74, 6) is 0.0112. The third-order valence-corrected chi connectivity index (χ3v) is 5.10. The van der Waals surface area contributed by atoms with Crippen LogP contribution < -0.4 is 5.32 Å². The fourth-order valence-corrected chi connectivity index (χ4v) is 3.61. The fourth-order valence-electron chi connectivity index (χ4n) is 2.97. The molecule has 1 aromatic rings. The molecule has 23 heavy (non-hydrogen) atoms. The van der Waals surface area contributed by atoms with Crippen LogP contribution in [0.1, 0.15) is 29.8 Å². The van der Waals surface area contributed by atoms with Crippen LogP contribution in [0.4, 0.5) is 5.13 Å². The number of ether oxygens (including phenoxy) is 1. The smallest absolute Gasteiger partial charge is 0.273 e. The first-order valence-corrected chi connectivity index (χ1v) is 8.90. The van der Waals surface area contributed by atoms with Gasteiger partial charge in [-0.1, -0.05) is 0 Å². The quantitative estimate of drug-likeness (QED) is 0.891. The minimum absolute atomic E-state index is 0.0610. The minimum Gasteiger partial charge on any atom is -0.368 e. The van der Waals surface area contributed by atoms with Crippen molar-refractivity contribution in [3.05, 3.63) is 11.1 Å². The van der Waals surface area contributed by atoms with Crippen molar-refractivity contribution in [2.45, 2.75) is 25.4 Å². The van der Waals surface area contributed by atoms with Gasteiger partial charge in [-0.15, -0.1) is 11.3 Å². The van der Waals surface area contributed by atoms with E-state index in [-0.39, 0.29) is 17.9 Å². The standard InChI is InChI=1S/C15H22N4O3S/c1-16-15-17-11(10-23-15)13(20)18-5-3-6-19(8-7-18)14(21)12-4-2-9-22-12/h10,12H,2-9H2,1H3,(H,16,17). The lowest BCUT2D eigenvalue weighted by Crippen LogP contribution is -2.41. The number of amides is 2. The summed E-state index contributed by atoms with van der Waals surface area (Å²) in [5.41, 5.74) is 0.471. The molecule has 0 spiro atoms. The predicted molar refractivity (Wildman–Crippen MR) is 87.7 cm³/mol. The Hall–Kier alpha value is -1.67. The molecule has 0 saturated carbocycles. The highest BCUT2D eigenvalue weighted by Gasteiger charge is 2.30. The second-order valence-electron chi connectivity index (χ2n) is 5.76. The van der Waals surface area contributed by atoms with Gasteiger partial charge in [-0.3, -0.25) is 9.59 Å². The fraction of sp³-hybridized carbons (Fsp3) is 0.667. The predicted octanol–water partition coefficient (Wildman–Crippen LogP) is 1.04. The van der Waals surface area contributed by atoms with Crippen LogP contribution in [0.2, 0.25) is 0 Å². The molecule has 7 nitrogen and oxygen atoms in total. The van der Waals surface area contributed by atoms with E-state index >= 15 is 0 Å². The molecule has 3 rings (SSSR count). The lowest BCUT2D eigenvalue weighted by molar-refractivity contribution is -0.140. The van der Waals surface area contributed by atoms with Crippen LogP contribution >= 0.6 is 11.3 Å². The lowest BCUT2D eigenvalue weighted by atomic mass is 10.2. The van der Waals surface area contributed by atoms with Crippen molar-refractivity contribution in [2.75, 3.05) is 45.2 Å². The number of aromatic nitrogens is 1. The second kappa shape index (κ2) is 7.27. The number of nitrogens with zero attached hydrogens (tertiary/aromatic N) is 3. The minimum atomic E-state index is -0.283. The molecule has 0 bridgehead atoms. The summed E-state index contributed by atoms with van der Waals surface area (Å²) >= 11 is 1.42. The highest BCUT2D eigenvalue weighted by atomic mass is 32.1. The molecule has 2 amide bonds. The molecule has 1 atom stereocenters. The molecule has 0 aromatic carbocycles. The molecular weight excluding hydrogens is 316 g/mol. The zero-order chi connectivity index (χ0) is 16.2. The third-order valence-electron chi connectivity index (χ3n) is 4.24. The number of hydrogen-bond donors (Lipinski definition) is 1. The number of hydrogen-bond acceptors (Lipinski definition) is 6. The van der Waals surface area contributed by atoms with Crippen molar-refractivity contribution in [3.8, 4) is 0 Å². The maximum absolute atomic E-state index is 12.5. The molecule has 2 aliphatic rings. The van der Waals surface area contributed by atoms with Crippen molar-refractivity contribution >= 4 is 28.3 Å². The van der Waals surface area contributed by atoms with E-state index in [1.165, 1.54) is 11.3 Å². The van der Waals surface area contributed by atoms with E-state index in [2.05, 4.69) is 10.3 Å². The largest absolute Gasteiger partial charge is 0.368 e. The monoisotopic (exact) mass is 338 g/mol. The molecule has 126 valence electrons. The Morgan fingerprint density at radius 2 is 2.04 bits per heavy atom. The number of anilines is 1. The molecule has 0 radical (unpaired) electrons. The maximum Gasteiger partial charge on any atom is 0.273 e. The summed E-state index contributed by atoms with van der Waals surface area (Å²) in [6, 6.07) is 0. The molecule has 2 aliphatic heterocycles. The van der Waals surface area contributed by atoms with Crippen LogP contribution in [-0.4, -0.2) is 72.5 Å². The van der Waals surface area contributed by atoms with Crippen LogP contribution in [0.15, 0.2) is 5.38 Å². The van der Waals surface area contributed by atoms with Gasteiger partial charge in [0.15, 0.2) is 5.13 Å². The number of nitrogens with one attached hydrogen (secondary N) is 1. The van der Waals surface area contributed by atoms with E-state index in [1.54, 1.807) is 17.3 Å². The van der Waals surface area contributed by atoms with Gasteiger partial charge in [0.1, 0.15) is 11.8 Å². The van der Waals surface area contributed by atoms with Gasteiger partial charge < -0.3 is 19.9 Å². The normalized spacial score (nSPS) is 22.0. The van der Waals surface area contributed by atoms with Crippen LogP contribution in [0, 0.1) is 0 Å². The molecule has 1 aromatic heterocycles. The van der Waals surface area contributed by atoms with E-state index < -0.39 is 0 Å². The van der Waals surface area contributed by atoms with Crippen LogP contribution in [0.3, 0.4) is 0 Å². The van der Waals surface area contributed by atoms with Gasteiger partial charge in [0, 0.05) is 45.2 Å². The number of carbonyl (C=O) groups is 2. The molecule has 8 heteroatoms. The average molecular weight is 338 g/mol. The third kappa shape index (κ3) is 3.64. The zero-order valence-electron chi connectivity index (χ0n) is 13.3. The van der Waals surface area contributed by atoms with Crippen LogP contribution in [0.25, 0.3) is 0 Å². The summed E-state index contributed by atoms with van der Waals surface area (Å²) in [6.45, 7) is 3.12. The summed E-state index contributed by atoms with van der Waals surface area (Å²) in [5, 5.41) is 5.45. The van der Waals surface area contributed by atoms with Gasteiger partial charge in [0.05, 0.1) is 0 Å². The highest BCUT2D eigenvalue weighted by Crippen LogP contribution is 2.18. The molecular formula is C15H22N4O3S. The van der Waals surface area contributed by atoms with Gasteiger partial charge in [0.25, 0.3) is 11.8 Å². The van der Waals surface area contributed by atoms with Crippen LogP contribution in [-0.2, 0) is 9.53 Å². The molecule has 3 heterocycles. The van der Waals surface area contributed by atoms with Crippen LogP contribution in [0.5, 0.6) is 0 Å². The van der Waals surface area contributed by atoms with Crippen molar-refractivity contribution in [3.63, 3.8) is 0 Å². The second-order valence-corrected chi connectivity index (χ2v) is 6.62. The number of thiazole rings is 1. The van der Waals surface area contributed by atoms with Crippen molar-refractivity contribution in [1.82, 2.24) is 14.8 Å². The first-order chi connectivity index (χ1) is 11.2. The zero-order valence-corrected chi connectivity index (χ0v) is 14.1. The molecule has 2 saturated heterocycles. The summed E-state index contributed by atoms with van der Waals surface area (Å²) in [4.78, 5) is 32.8. The van der Waals surface area contributed by atoms with Crippen molar-refractivity contribution < 1.29 is 14.3 Å². The molecule has 1 unspecified atom stereocenters.